The molecule has 0 saturated heterocycles. The lowest BCUT2D eigenvalue weighted by Gasteiger charge is -2.16. The number of benzene rings is 1. The molecule has 0 aromatic heterocycles. The quantitative estimate of drug-likeness (QED) is 0.776. The van der Waals surface area contributed by atoms with Crippen LogP contribution in [-0.4, -0.2) is 26.2 Å². The zero-order valence-corrected chi connectivity index (χ0v) is 10.6. The fourth-order valence-electron chi connectivity index (χ4n) is 1.83. The van der Waals surface area contributed by atoms with Gasteiger partial charge in [-0.1, -0.05) is 18.2 Å². The summed E-state index contributed by atoms with van der Waals surface area (Å²) in [6, 6.07) is 7.55. The van der Waals surface area contributed by atoms with Gasteiger partial charge in [0.15, 0.2) is 0 Å². The molecule has 0 heterocycles. The molecule has 0 radical (unpaired) electrons. The Balaban J connectivity index is 2.00. The van der Waals surface area contributed by atoms with Crippen molar-refractivity contribution in [1.82, 2.24) is 0 Å². The number of methoxy groups -OCH3 is 1. The second-order valence-electron chi connectivity index (χ2n) is 4.85. The first-order valence-electron chi connectivity index (χ1n) is 6.17. The molecule has 0 spiro atoms. The molecule has 0 atom stereocenters. The van der Waals surface area contributed by atoms with Crippen LogP contribution in [0.4, 0.5) is 0 Å². The molecule has 1 fully saturated rings. The number of carbonyl (C=O) groups excluding carboxylic acids is 1. The molecule has 0 amide bonds. The van der Waals surface area contributed by atoms with Crippen LogP contribution >= 0.6 is 0 Å². The van der Waals surface area contributed by atoms with Gasteiger partial charge in [-0.2, -0.15) is 0 Å². The van der Waals surface area contributed by atoms with Gasteiger partial charge in [-0.15, -0.1) is 0 Å². The van der Waals surface area contributed by atoms with Crippen molar-refractivity contribution in [1.29, 1.82) is 0 Å². The average Bonchev–Trinajstić information content (AvgIpc) is 3.18. The smallest absolute Gasteiger partial charge is 0.310 e. The van der Waals surface area contributed by atoms with Gasteiger partial charge in [-0.25, -0.2) is 0 Å². The van der Waals surface area contributed by atoms with Gasteiger partial charge in [0.1, 0.15) is 5.75 Å². The van der Waals surface area contributed by atoms with Gasteiger partial charge < -0.3 is 15.2 Å². The van der Waals surface area contributed by atoms with Gasteiger partial charge in [-0.3, -0.25) is 4.79 Å². The van der Waals surface area contributed by atoms with Crippen LogP contribution in [0, 0.1) is 5.41 Å². The Kier molecular flexibility index (Phi) is 3.87. The maximum Gasteiger partial charge on any atom is 0.310 e. The van der Waals surface area contributed by atoms with E-state index in [0.717, 1.165) is 24.2 Å². The van der Waals surface area contributed by atoms with Crippen molar-refractivity contribution >= 4 is 5.97 Å². The predicted molar refractivity (Wildman–Crippen MR) is 68.4 cm³/mol. The lowest BCUT2D eigenvalue weighted by atomic mass is 10.1. The van der Waals surface area contributed by atoms with Gasteiger partial charge in [0.05, 0.1) is 20.1 Å². The molecule has 2 rings (SSSR count). The number of rotatable bonds is 6. The average molecular weight is 249 g/mol. The van der Waals surface area contributed by atoms with Gasteiger partial charge >= 0.3 is 5.97 Å². The van der Waals surface area contributed by atoms with Crippen LogP contribution in [0.25, 0.3) is 0 Å². The number of carbonyl (C=O) groups is 1. The Labute approximate surface area is 107 Å². The highest BCUT2D eigenvalue weighted by Gasteiger charge is 2.42. The number of para-hydroxylation sites is 1. The van der Waals surface area contributed by atoms with E-state index >= 15 is 0 Å². The van der Waals surface area contributed by atoms with Crippen molar-refractivity contribution in [2.45, 2.75) is 19.3 Å². The molecule has 1 aliphatic rings. The van der Waals surface area contributed by atoms with E-state index in [9.17, 15) is 4.79 Å². The molecule has 0 unspecified atom stereocenters. The number of ether oxygens (including phenoxy) is 2. The van der Waals surface area contributed by atoms with Gasteiger partial charge in [0, 0.05) is 17.5 Å². The Hall–Kier alpha value is -1.55. The van der Waals surface area contributed by atoms with Crippen molar-refractivity contribution in [2.24, 2.45) is 11.1 Å². The third kappa shape index (κ3) is 3.01. The zero-order chi connectivity index (χ0) is 13.0. The maximum absolute atomic E-state index is 11.3. The highest BCUT2D eigenvalue weighted by atomic mass is 16.5. The third-order valence-corrected chi connectivity index (χ3v) is 3.46. The second kappa shape index (κ2) is 5.40. The summed E-state index contributed by atoms with van der Waals surface area (Å²) in [6.07, 6.45) is 2.49. The van der Waals surface area contributed by atoms with Crippen LogP contribution in [0.15, 0.2) is 24.3 Å². The van der Waals surface area contributed by atoms with Crippen molar-refractivity contribution in [3.63, 3.8) is 0 Å². The number of esters is 1. The summed E-state index contributed by atoms with van der Waals surface area (Å²) in [5.74, 6) is 0.494. The largest absolute Gasteiger partial charge is 0.493 e. The van der Waals surface area contributed by atoms with Gasteiger partial charge in [0.25, 0.3) is 0 Å². The number of hydrogen-bond donors (Lipinski definition) is 1. The molecular formula is C14H19NO3. The van der Waals surface area contributed by atoms with E-state index in [1.165, 1.54) is 7.11 Å². The van der Waals surface area contributed by atoms with Gasteiger partial charge in [0.2, 0.25) is 0 Å². The third-order valence-electron chi connectivity index (χ3n) is 3.46. The summed E-state index contributed by atoms with van der Waals surface area (Å²) < 4.78 is 10.5. The lowest BCUT2D eigenvalue weighted by Crippen LogP contribution is -2.23. The van der Waals surface area contributed by atoms with Crippen LogP contribution in [0.3, 0.4) is 0 Å². The Morgan fingerprint density at radius 3 is 2.72 bits per heavy atom. The first kappa shape index (κ1) is 12.9. The summed E-state index contributed by atoms with van der Waals surface area (Å²) >= 11 is 0. The van der Waals surface area contributed by atoms with Gasteiger partial charge in [-0.05, 0) is 18.9 Å². The molecule has 1 aromatic carbocycles. The van der Waals surface area contributed by atoms with Crippen LogP contribution in [0.1, 0.15) is 18.4 Å². The van der Waals surface area contributed by atoms with Crippen LogP contribution in [0.5, 0.6) is 5.75 Å². The summed E-state index contributed by atoms with van der Waals surface area (Å²) in [5, 5.41) is 0. The Morgan fingerprint density at radius 2 is 2.11 bits per heavy atom. The first-order chi connectivity index (χ1) is 8.69. The van der Waals surface area contributed by atoms with Crippen LogP contribution < -0.4 is 10.5 Å². The molecule has 1 aromatic rings. The minimum absolute atomic E-state index is 0.165. The zero-order valence-electron chi connectivity index (χ0n) is 10.6. The Morgan fingerprint density at radius 1 is 1.39 bits per heavy atom. The molecule has 1 saturated carbocycles. The molecule has 0 bridgehead atoms. The standard InChI is InChI=1S/C14H19NO3/c1-17-13(16)8-11-4-2-3-5-12(11)18-10-14(9-15)6-7-14/h2-5H,6-10,15H2,1H3. The SMILES string of the molecule is COC(=O)Cc1ccccc1OCC1(CN)CC1. The molecular weight excluding hydrogens is 230 g/mol. The van der Waals surface area contributed by atoms with Crippen molar-refractivity contribution < 1.29 is 14.3 Å². The molecule has 1 aliphatic carbocycles. The number of hydrogen-bond acceptors (Lipinski definition) is 4. The van der Waals surface area contributed by atoms with Crippen LogP contribution in [-0.2, 0) is 16.0 Å². The topological polar surface area (TPSA) is 61.5 Å². The van der Waals surface area contributed by atoms with E-state index in [-0.39, 0.29) is 17.8 Å². The van der Waals surface area contributed by atoms with Crippen LogP contribution in [0.2, 0.25) is 0 Å². The molecule has 4 heteroatoms. The summed E-state index contributed by atoms with van der Waals surface area (Å²) in [6.45, 7) is 1.29. The van der Waals surface area contributed by atoms with Crippen molar-refractivity contribution in [3.8, 4) is 5.75 Å². The normalized spacial score (nSPS) is 16.1. The summed E-state index contributed by atoms with van der Waals surface area (Å²) in [4.78, 5) is 11.3. The van der Waals surface area contributed by atoms with E-state index < -0.39 is 0 Å². The van der Waals surface area contributed by atoms with E-state index in [0.29, 0.717) is 13.2 Å². The summed E-state index contributed by atoms with van der Waals surface area (Å²) in [5.41, 5.74) is 6.74. The fourth-order valence-corrected chi connectivity index (χ4v) is 1.83. The monoisotopic (exact) mass is 249 g/mol. The van der Waals surface area contributed by atoms with E-state index in [2.05, 4.69) is 4.74 Å². The molecule has 98 valence electrons. The maximum atomic E-state index is 11.3. The van der Waals surface area contributed by atoms with E-state index in [4.69, 9.17) is 10.5 Å². The highest BCUT2D eigenvalue weighted by molar-refractivity contribution is 5.73. The predicted octanol–water partition coefficient (Wildman–Crippen LogP) is 1.52. The van der Waals surface area contributed by atoms with Crippen molar-refractivity contribution in [3.05, 3.63) is 29.8 Å². The highest BCUT2D eigenvalue weighted by Crippen LogP contribution is 2.44. The minimum atomic E-state index is -0.258. The molecule has 4 nitrogen and oxygen atoms in total. The van der Waals surface area contributed by atoms with E-state index in [1.807, 2.05) is 24.3 Å². The lowest BCUT2D eigenvalue weighted by molar-refractivity contribution is -0.139. The number of nitrogens with two attached hydrogens (primary N) is 1. The molecule has 2 N–H and O–H groups in total. The fraction of sp³-hybridized carbons (Fsp3) is 0.500. The van der Waals surface area contributed by atoms with Crippen molar-refractivity contribution in [2.75, 3.05) is 20.3 Å². The molecule has 18 heavy (non-hydrogen) atoms. The Bertz CT molecular complexity index is 427. The first-order valence-corrected chi connectivity index (χ1v) is 6.17. The van der Waals surface area contributed by atoms with E-state index in [1.54, 1.807) is 0 Å². The minimum Gasteiger partial charge on any atom is -0.493 e. The second-order valence-corrected chi connectivity index (χ2v) is 4.85. The summed E-state index contributed by atoms with van der Waals surface area (Å²) in [7, 11) is 1.39. The molecule has 0 aliphatic heterocycles.